The molecular formula is C21H55NO5Si5. The first kappa shape index (κ1) is 32.8. The van der Waals surface area contributed by atoms with E-state index < -0.39 is 41.6 Å². The summed E-state index contributed by atoms with van der Waals surface area (Å²) >= 11 is 0. The molecule has 0 unspecified atom stereocenters. The van der Waals surface area contributed by atoms with E-state index in [1.54, 1.807) is 0 Å². The van der Waals surface area contributed by atoms with E-state index in [0.717, 1.165) is 0 Å². The lowest BCUT2D eigenvalue weighted by Crippen LogP contribution is -2.60. The van der Waals surface area contributed by atoms with Gasteiger partial charge in [-0.05, 0) is 98.2 Å². The summed E-state index contributed by atoms with van der Waals surface area (Å²) in [7, 11) is -9.38. The Hall–Kier alpha value is 0.844. The van der Waals surface area contributed by atoms with Gasteiger partial charge in [0.25, 0.3) is 0 Å². The Bertz CT molecular complexity index is 547. The predicted octanol–water partition coefficient (Wildman–Crippen LogP) is 5.68. The molecule has 0 aromatic heterocycles. The molecule has 0 aromatic carbocycles. The fraction of sp³-hybridized carbons (Fsp3) is 1.00. The highest BCUT2D eigenvalue weighted by molar-refractivity contribution is 6.71. The summed E-state index contributed by atoms with van der Waals surface area (Å²) in [5.74, 6) is 0. The second kappa shape index (κ2) is 12.2. The quantitative estimate of drug-likeness (QED) is 0.269. The van der Waals surface area contributed by atoms with Crippen molar-refractivity contribution in [2.24, 2.45) is 5.73 Å². The molecule has 0 bridgehead atoms. The van der Waals surface area contributed by atoms with Crippen LogP contribution in [-0.4, -0.2) is 79.2 Å². The van der Waals surface area contributed by atoms with Crippen LogP contribution in [0.15, 0.2) is 0 Å². The molecule has 11 heteroatoms. The summed E-state index contributed by atoms with van der Waals surface area (Å²) in [6.45, 7) is 34.0. The maximum Gasteiger partial charge on any atom is 0.184 e. The zero-order chi connectivity index (χ0) is 25.8. The van der Waals surface area contributed by atoms with E-state index in [4.69, 9.17) is 27.9 Å². The van der Waals surface area contributed by atoms with Gasteiger partial charge in [-0.25, -0.2) is 0 Å². The van der Waals surface area contributed by atoms with Gasteiger partial charge in [0, 0.05) is 6.54 Å². The highest BCUT2D eigenvalue weighted by Gasteiger charge is 2.44. The first-order chi connectivity index (χ1) is 13.9. The fourth-order valence-electron chi connectivity index (χ4n) is 3.21. The Morgan fingerprint density at radius 2 is 0.781 bits per heavy atom. The summed E-state index contributed by atoms with van der Waals surface area (Å²) in [5, 5.41) is 0. The molecule has 32 heavy (non-hydrogen) atoms. The zero-order valence-electron chi connectivity index (χ0n) is 23.8. The van der Waals surface area contributed by atoms with Gasteiger partial charge in [-0.2, -0.15) is 0 Å². The third kappa shape index (κ3) is 16.5. The summed E-state index contributed by atoms with van der Waals surface area (Å²) in [4.78, 5) is 0. The fourth-order valence-corrected chi connectivity index (χ4v) is 8.33. The Kier molecular flexibility index (Phi) is 12.5. The van der Waals surface area contributed by atoms with Gasteiger partial charge in [-0.3, -0.25) is 0 Å². The normalized spacial score (nSPS) is 18.4. The molecule has 4 atom stereocenters. The molecule has 0 fully saturated rings. The highest BCUT2D eigenvalue weighted by Crippen LogP contribution is 2.28. The van der Waals surface area contributed by atoms with Gasteiger partial charge in [0.05, 0.1) is 31.0 Å². The molecule has 0 aliphatic carbocycles. The van der Waals surface area contributed by atoms with Crippen LogP contribution < -0.4 is 5.73 Å². The molecule has 0 heterocycles. The second-order valence-electron chi connectivity index (χ2n) is 13.6. The molecule has 6 nitrogen and oxygen atoms in total. The Morgan fingerprint density at radius 3 is 1.06 bits per heavy atom. The lowest BCUT2D eigenvalue weighted by atomic mass is 10.0. The largest absolute Gasteiger partial charge is 0.415 e. The van der Waals surface area contributed by atoms with Crippen molar-refractivity contribution in [2.45, 2.75) is 123 Å². The number of rotatable bonds is 15. The van der Waals surface area contributed by atoms with E-state index >= 15 is 0 Å². The maximum atomic E-state index is 6.87. The topological polar surface area (TPSA) is 72.2 Å². The van der Waals surface area contributed by atoms with E-state index in [1.807, 2.05) is 0 Å². The molecule has 0 aliphatic rings. The van der Waals surface area contributed by atoms with Crippen molar-refractivity contribution in [3.05, 3.63) is 0 Å². The van der Waals surface area contributed by atoms with Crippen molar-refractivity contribution < 1.29 is 22.1 Å². The third-order valence-electron chi connectivity index (χ3n) is 3.96. The standard InChI is InChI=1S/C21H55NO5Si5/c1-28(2,3)23-17-19(25-30(7,8)9)21(27-32(13,14)15)20(26-31(10,11)12)18(16-22)24-29(4,5)6/h18-21H,16-17,22H2,1-15H3/t18-,19+,20+,21+/m0/s1. The minimum Gasteiger partial charge on any atom is -0.415 e. The van der Waals surface area contributed by atoms with Crippen LogP contribution in [-0.2, 0) is 22.1 Å². The number of hydrogen-bond donors (Lipinski definition) is 1. The summed E-state index contributed by atoms with van der Waals surface area (Å²) < 4.78 is 33.4. The highest BCUT2D eigenvalue weighted by atomic mass is 28.4. The third-order valence-corrected chi connectivity index (χ3v) is 8.97. The predicted molar refractivity (Wildman–Crippen MR) is 151 cm³/mol. The Morgan fingerprint density at radius 1 is 0.469 bits per heavy atom. The monoisotopic (exact) mass is 541 g/mol. The van der Waals surface area contributed by atoms with E-state index in [1.165, 1.54) is 0 Å². The maximum absolute atomic E-state index is 6.87. The molecular weight excluding hydrogens is 487 g/mol. The minimum atomic E-state index is -1.95. The lowest BCUT2D eigenvalue weighted by molar-refractivity contribution is -0.0853. The zero-order valence-corrected chi connectivity index (χ0v) is 28.8. The van der Waals surface area contributed by atoms with Gasteiger partial charge in [0.1, 0.15) is 0 Å². The Balaban J connectivity index is 6.48. The molecule has 0 spiro atoms. The van der Waals surface area contributed by atoms with Crippen molar-refractivity contribution >= 4 is 41.6 Å². The molecule has 0 aromatic rings. The molecule has 2 N–H and O–H groups in total. The molecule has 0 amide bonds. The van der Waals surface area contributed by atoms with Crippen molar-refractivity contribution in [1.82, 2.24) is 0 Å². The second-order valence-corrected chi connectivity index (χ2v) is 35.9. The lowest BCUT2D eigenvalue weighted by Gasteiger charge is -2.45. The molecule has 0 saturated heterocycles. The van der Waals surface area contributed by atoms with E-state index in [-0.39, 0.29) is 24.4 Å². The van der Waals surface area contributed by atoms with Gasteiger partial charge in [-0.15, -0.1) is 0 Å². The van der Waals surface area contributed by atoms with Gasteiger partial charge < -0.3 is 27.9 Å². The molecule has 0 saturated carbocycles. The summed E-state index contributed by atoms with van der Waals surface area (Å²) in [6.07, 6.45) is -1.05. The first-order valence-electron chi connectivity index (χ1n) is 12.0. The number of hydrogen-bond acceptors (Lipinski definition) is 6. The SMILES string of the molecule is C[Si](C)(C)OC[C@@H](O[Si](C)(C)C)[C@@H](O[Si](C)(C)C)[C@H](O[Si](C)(C)C)[C@H](CN)O[Si](C)(C)C. The van der Waals surface area contributed by atoms with Gasteiger partial charge in [0.2, 0.25) is 0 Å². The van der Waals surface area contributed by atoms with Crippen LogP contribution in [0.4, 0.5) is 0 Å². The van der Waals surface area contributed by atoms with E-state index in [9.17, 15) is 0 Å². The molecule has 0 rings (SSSR count). The van der Waals surface area contributed by atoms with Crippen LogP contribution in [0.25, 0.3) is 0 Å². The number of nitrogens with two attached hydrogens (primary N) is 1. The van der Waals surface area contributed by atoms with E-state index in [0.29, 0.717) is 13.2 Å². The average molecular weight is 542 g/mol. The Labute approximate surface area is 204 Å². The van der Waals surface area contributed by atoms with Crippen molar-refractivity contribution in [3.8, 4) is 0 Å². The van der Waals surface area contributed by atoms with Gasteiger partial charge >= 0.3 is 0 Å². The van der Waals surface area contributed by atoms with Crippen LogP contribution in [0.1, 0.15) is 0 Å². The van der Waals surface area contributed by atoms with Crippen LogP contribution in [0.3, 0.4) is 0 Å². The van der Waals surface area contributed by atoms with Crippen molar-refractivity contribution in [1.29, 1.82) is 0 Å². The van der Waals surface area contributed by atoms with Crippen LogP contribution in [0.2, 0.25) is 98.2 Å². The molecule has 194 valence electrons. The minimum absolute atomic E-state index is 0.222. The van der Waals surface area contributed by atoms with Crippen molar-refractivity contribution in [2.75, 3.05) is 13.2 Å². The van der Waals surface area contributed by atoms with Gasteiger partial charge in [0.15, 0.2) is 41.6 Å². The van der Waals surface area contributed by atoms with Crippen LogP contribution in [0.5, 0.6) is 0 Å². The smallest absolute Gasteiger partial charge is 0.184 e. The van der Waals surface area contributed by atoms with E-state index in [2.05, 4.69) is 98.2 Å². The summed E-state index contributed by atoms with van der Waals surface area (Å²) in [6, 6.07) is 0. The average Bonchev–Trinajstić information content (AvgIpc) is 2.48. The van der Waals surface area contributed by atoms with Crippen LogP contribution in [0, 0.1) is 0 Å². The molecule has 0 radical (unpaired) electrons. The first-order valence-corrected chi connectivity index (χ1v) is 29.0. The van der Waals surface area contributed by atoms with Gasteiger partial charge in [-0.1, -0.05) is 0 Å². The van der Waals surface area contributed by atoms with Crippen LogP contribution >= 0.6 is 0 Å². The molecule has 0 aliphatic heterocycles. The van der Waals surface area contributed by atoms with Crippen molar-refractivity contribution in [3.63, 3.8) is 0 Å². The summed E-state index contributed by atoms with van der Waals surface area (Å²) in [5.41, 5.74) is 6.30.